The van der Waals surface area contributed by atoms with E-state index in [9.17, 15) is 4.79 Å². The molecule has 6 heteroatoms. The monoisotopic (exact) mass is 411 g/mol. The first-order valence-electron chi connectivity index (χ1n) is 10.2. The van der Waals surface area contributed by atoms with E-state index in [1.807, 2.05) is 60.7 Å². The Morgan fingerprint density at radius 2 is 1.65 bits per heavy atom. The molecular weight excluding hydrogens is 386 g/mol. The molecule has 0 fully saturated rings. The van der Waals surface area contributed by atoms with Crippen LogP contribution in [0.5, 0.6) is 0 Å². The van der Waals surface area contributed by atoms with E-state index in [2.05, 4.69) is 39.4 Å². The Kier molecular flexibility index (Phi) is 7.83. The van der Waals surface area contributed by atoms with E-state index in [0.29, 0.717) is 11.5 Å². The molecule has 2 aromatic heterocycles. The van der Waals surface area contributed by atoms with Crippen LogP contribution in [0, 0.1) is 0 Å². The molecule has 1 amide bonds. The van der Waals surface area contributed by atoms with Crippen LogP contribution in [0.3, 0.4) is 0 Å². The highest BCUT2D eigenvalue weighted by Gasteiger charge is 2.08. The molecule has 156 valence electrons. The molecule has 31 heavy (non-hydrogen) atoms. The van der Waals surface area contributed by atoms with Crippen molar-refractivity contribution in [2.24, 2.45) is 0 Å². The molecule has 2 aromatic carbocycles. The number of rotatable bonds is 5. The van der Waals surface area contributed by atoms with E-state index < -0.39 is 0 Å². The van der Waals surface area contributed by atoms with Gasteiger partial charge < -0.3 is 10.6 Å². The molecule has 0 atom stereocenters. The molecule has 6 nitrogen and oxygen atoms in total. The second-order valence-electron chi connectivity index (χ2n) is 6.74. The number of carbonyl (C=O) groups excluding carboxylic acids is 1. The number of nitrogens with one attached hydrogen (secondary N) is 2. The maximum atomic E-state index is 12.5. The van der Waals surface area contributed by atoms with Crippen LogP contribution in [-0.2, 0) is 0 Å². The van der Waals surface area contributed by atoms with Gasteiger partial charge in [0, 0.05) is 41.1 Å². The maximum absolute atomic E-state index is 12.5. The van der Waals surface area contributed by atoms with Crippen LogP contribution in [0.1, 0.15) is 30.6 Å². The third-order valence-corrected chi connectivity index (χ3v) is 4.03. The van der Waals surface area contributed by atoms with Crippen LogP contribution in [-0.4, -0.2) is 20.9 Å². The first-order chi connectivity index (χ1) is 15.2. The summed E-state index contributed by atoms with van der Waals surface area (Å²) >= 11 is 0. The second-order valence-corrected chi connectivity index (χ2v) is 6.74. The van der Waals surface area contributed by atoms with Gasteiger partial charge in [-0.3, -0.25) is 9.78 Å². The summed E-state index contributed by atoms with van der Waals surface area (Å²) in [7, 11) is 0. The van der Waals surface area contributed by atoms with Gasteiger partial charge in [-0.15, -0.1) is 0 Å². The fourth-order valence-electron chi connectivity index (χ4n) is 2.69. The van der Waals surface area contributed by atoms with E-state index >= 15 is 0 Å². The van der Waals surface area contributed by atoms with Gasteiger partial charge in [0.25, 0.3) is 5.91 Å². The number of benzene rings is 2. The Bertz CT molecular complexity index is 1100. The lowest BCUT2D eigenvalue weighted by Crippen LogP contribution is -2.12. The minimum atomic E-state index is -0.181. The molecule has 0 saturated heterocycles. The van der Waals surface area contributed by atoms with Crippen LogP contribution in [0.25, 0.3) is 11.3 Å². The van der Waals surface area contributed by atoms with Crippen LogP contribution in [0.2, 0.25) is 0 Å². The van der Waals surface area contributed by atoms with E-state index in [-0.39, 0.29) is 5.91 Å². The van der Waals surface area contributed by atoms with Crippen molar-refractivity contribution in [3.05, 3.63) is 97.0 Å². The zero-order valence-electron chi connectivity index (χ0n) is 17.6. The summed E-state index contributed by atoms with van der Waals surface area (Å²) < 4.78 is 0. The molecule has 0 aliphatic carbocycles. The number of hydrogen-bond donors (Lipinski definition) is 2. The van der Waals surface area contributed by atoms with Gasteiger partial charge >= 0.3 is 0 Å². The van der Waals surface area contributed by atoms with Crippen molar-refractivity contribution >= 4 is 23.2 Å². The highest BCUT2D eigenvalue weighted by molar-refractivity contribution is 6.04. The number of amides is 1. The predicted molar refractivity (Wildman–Crippen MR) is 125 cm³/mol. The number of carbonyl (C=O) groups is 1. The summed E-state index contributed by atoms with van der Waals surface area (Å²) in [4.78, 5) is 25.4. The van der Waals surface area contributed by atoms with Crippen molar-refractivity contribution in [2.75, 3.05) is 10.6 Å². The Hall–Kier alpha value is -4.06. The second kappa shape index (κ2) is 11.2. The minimum absolute atomic E-state index is 0.181. The SMILES string of the molecule is CCC.O=C(Nc1ccccc1)c1cccc(Nc2nccc(-c3cccnc3)n2)c1. The quantitative estimate of drug-likeness (QED) is 0.424. The van der Waals surface area contributed by atoms with Gasteiger partial charge in [0.15, 0.2) is 0 Å². The molecule has 0 aliphatic rings. The third kappa shape index (κ3) is 6.47. The lowest BCUT2D eigenvalue weighted by Gasteiger charge is -2.09. The van der Waals surface area contributed by atoms with Gasteiger partial charge in [0.05, 0.1) is 5.69 Å². The van der Waals surface area contributed by atoms with Crippen LogP contribution in [0.15, 0.2) is 91.4 Å². The van der Waals surface area contributed by atoms with E-state index in [1.165, 1.54) is 6.42 Å². The predicted octanol–water partition coefficient (Wildman–Crippen LogP) is 5.95. The van der Waals surface area contributed by atoms with Gasteiger partial charge in [-0.2, -0.15) is 0 Å². The highest BCUT2D eigenvalue weighted by Crippen LogP contribution is 2.19. The number of para-hydroxylation sites is 1. The Morgan fingerprint density at radius 3 is 2.39 bits per heavy atom. The lowest BCUT2D eigenvalue weighted by molar-refractivity contribution is 0.102. The first kappa shape index (κ1) is 21.6. The third-order valence-electron chi connectivity index (χ3n) is 4.03. The molecular formula is C25H25N5O. The molecule has 0 saturated carbocycles. The average molecular weight is 412 g/mol. The van der Waals surface area contributed by atoms with Crippen molar-refractivity contribution < 1.29 is 4.79 Å². The molecule has 4 aromatic rings. The van der Waals surface area contributed by atoms with Gasteiger partial charge in [-0.1, -0.05) is 44.5 Å². The van der Waals surface area contributed by atoms with Crippen molar-refractivity contribution in [3.8, 4) is 11.3 Å². The van der Waals surface area contributed by atoms with E-state index in [4.69, 9.17) is 0 Å². The van der Waals surface area contributed by atoms with E-state index in [1.54, 1.807) is 30.7 Å². The zero-order valence-corrected chi connectivity index (χ0v) is 17.6. The molecule has 0 aliphatic heterocycles. The normalized spacial score (nSPS) is 9.87. The minimum Gasteiger partial charge on any atom is -0.324 e. The van der Waals surface area contributed by atoms with Crippen molar-refractivity contribution in [1.29, 1.82) is 0 Å². The van der Waals surface area contributed by atoms with Gasteiger partial charge in [-0.05, 0) is 48.5 Å². The highest BCUT2D eigenvalue weighted by atomic mass is 16.1. The van der Waals surface area contributed by atoms with E-state index in [0.717, 1.165) is 22.6 Å². The number of nitrogens with zero attached hydrogens (tertiary/aromatic N) is 3. The fourth-order valence-corrected chi connectivity index (χ4v) is 2.69. The lowest BCUT2D eigenvalue weighted by atomic mass is 10.2. The standard InChI is InChI=1S/C22H17N5O.C3H8/c28-21(25-18-8-2-1-3-9-18)16-6-4-10-19(14-16)26-22-24-13-11-20(27-22)17-7-5-12-23-15-17;1-3-2/h1-15H,(H,25,28)(H,24,26,27);3H2,1-2H3. The summed E-state index contributed by atoms with van der Waals surface area (Å²) in [6.07, 6.45) is 6.40. The Labute approximate surface area is 182 Å². The molecule has 0 spiro atoms. The van der Waals surface area contributed by atoms with Crippen LogP contribution < -0.4 is 10.6 Å². The molecule has 0 unspecified atom stereocenters. The Morgan fingerprint density at radius 1 is 0.871 bits per heavy atom. The van der Waals surface area contributed by atoms with Gasteiger partial charge in [0.2, 0.25) is 5.95 Å². The topological polar surface area (TPSA) is 79.8 Å². The average Bonchev–Trinajstić information content (AvgIpc) is 2.81. The summed E-state index contributed by atoms with van der Waals surface area (Å²) in [6, 6.07) is 22.2. The van der Waals surface area contributed by atoms with Crippen LogP contribution >= 0.6 is 0 Å². The Balaban J connectivity index is 0.000000858. The van der Waals surface area contributed by atoms with Crippen molar-refractivity contribution in [2.45, 2.75) is 20.3 Å². The van der Waals surface area contributed by atoms with Crippen molar-refractivity contribution in [3.63, 3.8) is 0 Å². The molecule has 2 heterocycles. The summed E-state index contributed by atoms with van der Waals surface area (Å²) in [6.45, 7) is 4.25. The molecule has 0 radical (unpaired) electrons. The fraction of sp³-hybridized carbons (Fsp3) is 0.120. The summed E-state index contributed by atoms with van der Waals surface area (Å²) in [5.41, 5.74) is 3.69. The van der Waals surface area contributed by atoms with Crippen LogP contribution in [0.4, 0.5) is 17.3 Å². The molecule has 2 N–H and O–H groups in total. The van der Waals surface area contributed by atoms with Gasteiger partial charge in [0.1, 0.15) is 0 Å². The van der Waals surface area contributed by atoms with Gasteiger partial charge in [-0.25, -0.2) is 9.97 Å². The maximum Gasteiger partial charge on any atom is 0.255 e. The molecule has 4 rings (SSSR count). The number of pyridine rings is 1. The number of hydrogen-bond acceptors (Lipinski definition) is 5. The first-order valence-corrected chi connectivity index (χ1v) is 10.2. The summed E-state index contributed by atoms with van der Waals surface area (Å²) in [5, 5.41) is 6.03. The van der Waals surface area contributed by atoms with Crippen molar-refractivity contribution in [1.82, 2.24) is 15.0 Å². The summed E-state index contributed by atoms with van der Waals surface area (Å²) in [5.74, 6) is 0.266. The molecule has 0 bridgehead atoms. The largest absolute Gasteiger partial charge is 0.324 e. The number of aromatic nitrogens is 3. The zero-order chi connectivity index (χ0) is 21.9. The smallest absolute Gasteiger partial charge is 0.255 e. The number of anilines is 3.